The predicted octanol–water partition coefficient (Wildman–Crippen LogP) is 0.325. The maximum atomic E-state index is 11.9. The van der Waals surface area contributed by atoms with Crippen LogP contribution < -0.4 is 10.0 Å². The van der Waals surface area contributed by atoms with Crippen molar-refractivity contribution in [1.29, 1.82) is 0 Å². The normalized spacial score (nSPS) is 21.3. The van der Waals surface area contributed by atoms with E-state index in [-0.39, 0.29) is 12.2 Å². The summed E-state index contributed by atoms with van der Waals surface area (Å²) >= 11 is 0. The number of rotatable bonds is 3. The molecular weight excluding hydrogens is 304 g/mol. The van der Waals surface area contributed by atoms with Crippen molar-refractivity contribution >= 4 is 31.6 Å². The largest absolute Gasteiger partial charge is 0.332 e. The van der Waals surface area contributed by atoms with Gasteiger partial charge in [0.2, 0.25) is 10.0 Å². The molecule has 2 amide bonds. The lowest BCUT2D eigenvalue weighted by Crippen LogP contribution is -2.41. The molecule has 2 N–H and O–H groups in total. The fraction of sp³-hybridized carbons (Fsp3) is 0.364. The molecule has 1 aromatic rings. The van der Waals surface area contributed by atoms with Gasteiger partial charge < -0.3 is 5.32 Å². The van der Waals surface area contributed by atoms with Crippen LogP contribution in [0.4, 0.5) is 10.5 Å². The van der Waals surface area contributed by atoms with Crippen LogP contribution in [0, 0.1) is 0 Å². The van der Waals surface area contributed by atoms with E-state index in [0.29, 0.717) is 5.69 Å². The molecule has 1 atom stereocenters. The van der Waals surface area contributed by atoms with Crippen LogP contribution in [0.15, 0.2) is 30.3 Å². The first kappa shape index (κ1) is 14.8. The minimum atomic E-state index is -3.99. The number of carbonyl (C=O) groups is 1. The van der Waals surface area contributed by atoms with Crippen molar-refractivity contribution in [3.63, 3.8) is 0 Å². The van der Waals surface area contributed by atoms with Gasteiger partial charge in [-0.3, -0.25) is 0 Å². The number of sulfone groups is 1. The van der Waals surface area contributed by atoms with Crippen molar-refractivity contribution in [1.82, 2.24) is 4.72 Å². The average molecular weight is 318 g/mol. The summed E-state index contributed by atoms with van der Waals surface area (Å²) in [5, 5.41) is 1.29. The summed E-state index contributed by atoms with van der Waals surface area (Å²) in [6.07, 6.45) is 0.0102. The van der Waals surface area contributed by atoms with E-state index in [4.69, 9.17) is 0 Å². The molecule has 20 heavy (non-hydrogen) atoms. The Bertz CT molecular complexity index is 698. The second-order valence-corrected chi connectivity index (χ2v) is 8.68. The Morgan fingerprint density at radius 3 is 2.40 bits per heavy atom. The third kappa shape index (κ3) is 3.70. The lowest BCUT2D eigenvalue weighted by atomic mass is 10.3. The number of urea groups is 1. The molecule has 9 heteroatoms. The summed E-state index contributed by atoms with van der Waals surface area (Å²) in [5.41, 5.74) is 0.444. The van der Waals surface area contributed by atoms with Gasteiger partial charge in [-0.25, -0.2) is 26.4 Å². The molecule has 0 aliphatic carbocycles. The lowest BCUT2D eigenvalue weighted by molar-refractivity contribution is 0.256. The summed E-state index contributed by atoms with van der Waals surface area (Å²) in [6.45, 7) is 0. The second kappa shape index (κ2) is 5.41. The molecule has 2 rings (SSSR count). The van der Waals surface area contributed by atoms with Crippen LogP contribution in [0.2, 0.25) is 0 Å². The predicted molar refractivity (Wildman–Crippen MR) is 74.6 cm³/mol. The van der Waals surface area contributed by atoms with E-state index in [9.17, 15) is 21.6 Å². The minimum Gasteiger partial charge on any atom is -0.307 e. The van der Waals surface area contributed by atoms with Crippen molar-refractivity contribution < 1.29 is 21.6 Å². The van der Waals surface area contributed by atoms with E-state index < -0.39 is 36.9 Å². The molecule has 7 nitrogen and oxygen atoms in total. The fourth-order valence-corrected chi connectivity index (χ4v) is 5.83. The fourth-order valence-electron chi connectivity index (χ4n) is 1.90. The van der Waals surface area contributed by atoms with Crippen LogP contribution in [-0.4, -0.2) is 39.6 Å². The Hall–Kier alpha value is -1.61. The number of nitrogens with one attached hydrogen (secondary N) is 2. The summed E-state index contributed by atoms with van der Waals surface area (Å²) in [6, 6.07) is 7.43. The van der Waals surface area contributed by atoms with Gasteiger partial charge in [-0.2, -0.15) is 0 Å². The van der Waals surface area contributed by atoms with Gasteiger partial charge in [0, 0.05) is 5.69 Å². The number of anilines is 1. The molecule has 1 heterocycles. The second-order valence-electron chi connectivity index (χ2n) is 4.49. The minimum absolute atomic E-state index is 0.0102. The highest BCUT2D eigenvalue weighted by Gasteiger charge is 2.38. The number of amides is 2. The Kier molecular flexibility index (Phi) is 4.00. The van der Waals surface area contributed by atoms with Crippen LogP contribution in [0.25, 0.3) is 0 Å². The van der Waals surface area contributed by atoms with E-state index in [2.05, 4.69) is 5.32 Å². The molecule has 0 saturated carbocycles. The van der Waals surface area contributed by atoms with E-state index in [1.54, 1.807) is 30.3 Å². The summed E-state index contributed by atoms with van der Waals surface area (Å²) in [4.78, 5) is 11.6. The van der Waals surface area contributed by atoms with Crippen LogP contribution >= 0.6 is 0 Å². The third-order valence-corrected chi connectivity index (χ3v) is 6.62. The van der Waals surface area contributed by atoms with E-state index in [1.807, 2.05) is 4.72 Å². The topological polar surface area (TPSA) is 109 Å². The van der Waals surface area contributed by atoms with E-state index in [1.165, 1.54) is 0 Å². The highest BCUT2D eigenvalue weighted by Crippen LogP contribution is 2.18. The molecule has 110 valence electrons. The average Bonchev–Trinajstić information content (AvgIpc) is 2.71. The Morgan fingerprint density at radius 1 is 1.20 bits per heavy atom. The van der Waals surface area contributed by atoms with Gasteiger partial charge in [-0.05, 0) is 18.6 Å². The molecule has 0 spiro atoms. The number of hydrogen-bond acceptors (Lipinski definition) is 5. The molecule has 0 bridgehead atoms. The summed E-state index contributed by atoms with van der Waals surface area (Å²) in [7, 11) is -7.32. The van der Waals surface area contributed by atoms with Crippen molar-refractivity contribution in [3.05, 3.63) is 30.3 Å². The number of hydrogen-bond donors (Lipinski definition) is 2. The van der Waals surface area contributed by atoms with E-state index >= 15 is 0 Å². The van der Waals surface area contributed by atoms with Crippen LogP contribution in [0.1, 0.15) is 6.42 Å². The molecule has 1 aliphatic rings. The van der Waals surface area contributed by atoms with Gasteiger partial charge in [-0.15, -0.1) is 0 Å². The van der Waals surface area contributed by atoms with Crippen LogP contribution in [0.5, 0.6) is 0 Å². The molecule has 0 aromatic heterocycles. The highest BCUT2D eigenvalue weighted by molar-refractivity contribution is 7.95. The first-order chi connectivity index (χ1) is 9.28. The maximum Gasteiger partial charge on any atom is 0.332 e. The van der Waals surface area contributed by atoms with Gasteiger partial charge in [0.1, 0.15) is 0 Å². The Labute approximate surface area is 117 Å². The number of benzene rings is 1. The summed E-state index contributed by atoms with van der Waals surface area (Å²) < 4.78 is 48.2. The monoisotopic (exact) mass is 318 g/mol. The molecule has 0 radical (unpaired) electrons. The SMILES string of the molecule is O=C(Nc1ccccc1)NS(=O)(=O)[C@@H]1CCS(=O)(=O)C1. The highest BCUT2D eigenvalue weighted by atomic mass is 32.2. The number of carbonyl (C=O) groups excluding carboxylic acids is 1. The van der Waals surface area contributed by atoms with Gasteiger partial charge in [0.15, 0.2) is 9.84 Å². The Balaban J connectivity index is 2.00. The number of para-hydroxylation sites is 1. The molecule has 0 unspecified atom stereocenters. The standard InChI is InChI=1S/C11H14N2O5S2/c14-11(12-9-4-2-1-3-5-9)13-20(17,18)10-6-7-19(15,16)8-10/h1-5,10H,6-8H2,(H2,12,13,14)/t10-/m1/s1. The lowest BCUT2D eigenvalue weighted by Gasteiger charge is -2.12. The van der Waals surface area contributed by atoms with Crippen LogP contribution in [0.3, 0.4) is 0 Å². The molecular formula is C11H14N2O5S2. The van der Waals surface area contributed by atoms with Crippen molar-refractivity contribution in [2.45, 2.75) is 11.7 Å². The molecule has 1 saturated heterocycles. The zero-order valence-electron chi connectivity index (χ0n) is 10.4. The number of sulfonamides is 1. The molecule has 1 fully saturated rings. The first-order valence-electron chi connectivity index (χ1n) is 5.87. The zero-order chi connectivity index (χ0) is 14.8. The van der Waals surface area contributed by atoms with Crippen molar-refractivity contribution in [3.8, 4) is 0 Å². The van der Waals surface area contributed by atoms with E-state index in [0.717, 1.165) is 0 Å². The molecule has 1 aromatic carbocycles. The summed E-state index contributed by atoms with van der Waals surface area (Å²) in [5.74, 6) is -0.611. The Morgan fingerprint density at radius 2 is 1.85 bits per heavy atom. The van der Waals surface area contributed by atoms with Gasteiger partial charge in [-0.1, -0.05) is 18.2 Å². The quantitative estimate of drug-likeness (QED) is 0.834. The van der Waals surface area contributed by atoms with Crippen molar-refractivity contribution in [2.24, 2.45) is 0 Å². The first-order valence-corrected chi connectivity index (χ1v) is 9.23. The van der Waals surface area contributed by atoms with Gasteiger partial charge >= 0.3 is 6.03 Å². The zero-order valence-corrected chi connectivity index (χ0v) is 12.1. The maximum absolute atomic E-state index is 11.9. The molecule has 1 aliphatic heterocycles. The third-order valence-electron chi connectivity index (χ3n) is 2.90. The van der Waals surface area contributed by atoms with Crippen molar-refractivity contribution in [2.75, 3.05) is 16.8 Å². The van der Waals surface area contributed by atoms with Gasteiger partial charge in [0.25, 0.3) is 0 Å². The van der Waals surface area contributed by atoms with Crippen LogP contribution in [-0.2, 0) is 19.9 Å². The smallest absolute Gasteiger partial charge is 0.307 e. The van der Waals surface area contributed by atoms with Gasteiger partial charge in [0.05, 0.1) is 16.8 Å².